The van der Waals surface area contributed by atoms with Crippen molar-refractivity contribution in [2.45, 2.75) is 6.92 Å². The highest BCUT2D eigenvalue weighted by Gasteiger charge is 1.93. The number of nitrogens with one attached hydrogen (secondary N) is 1. The van der Waals surface area contributed by atoms with Crippen molar-refractivity contribution in [3.05, 3.63) is 29.6 Å². The van der Waals surface area contributed by atoms with Gasteiger partial charge >= 0.3 is 0 Å². The molecule has 78 valence electrons. The third kappa shape index (κ3) is 3.79. The summed E-state index contributed by atoms with van der Waals surface area (Å²) in [6.07, 6.45) is 3.44. The molecule has 15 heavy (non-hydrogen) atoms. The van der Waals surface area contributed by atoms with E-state index in [0.717, 1.165) is 11.1 Å². The Bertz CT molecular complexity index is 404. The largest absolute Gasteiger partial charge is 0.344 e. The van der Waals surface area contributed by atoms with Gasteiger partial charge in [0.05, 0.1) is 13.1 Å². The van der Waals surface area contributed by atoms with Crippen LogP contribution in [0.4, 0.5) is 0 Å². The fourth-order valence-corrected chi connectivity index (χ4v) is 0.968. The van der Waals surface area contributed by atoms with Crippen LogP contribution >= 0.6 is 0 Å². The number of nitrogens with zero attached hydrogens (tertiary/aromatic N) is 1. The van der Waals surface area contributed by atoms with Crippen molar-refractivity contribution >= 4 is 5.91 Å². The number of amides is 1. The van der Waals surface area contributed by atoms with E-state index in [0.29, 0.717) is 6.54 Å². The van der Waals surface area contributed by atoms with Gasteiger partial charge < -0.3 is 11.1 Å². The lowest BCUT2D eigenvalue weighted by atomic mass is 10.2. The normalized spacial score (nSPS) is 8.93. The van der Waals surface area contributed by atoms with Crippen LogP contribution in [0.2, 0.25) is 0 Å². The lowest BCUT2D eigenvalue weighted by molar-refractivity contribution is -0.119. The maximum absolute atomic E-state index is 10.8. The molecule has 0 aliphatic heterocycles. The van der Waals surface area contributed by atoms with Gasteiger partial charge in [0.15, 0.2) is 0 Å². The van der Waals surface area contributed by atoms with Crippen molar-refractivity contribution in [1.82, 2.24) is 10.3 Å². The second-order valence-corrected chi connectivity index (χ2v) is 2.97. The van der Waals surface area contributed by atoms with Gasteiger partial charge in [-0.2, -0.15) is 0 Å². The van der Waals surface area contributed by atoms with Crippen molar-refractivity contribution in [3.8, 4) is 11.8 Å². The standard InChI is InChI=1S/C11H13N3O/c1-9-8-13-6-4-10(9)3-2-5-14-11(15)7-12/h4,6,8H,5,7,12H2,1H3,(H,14,15). The first-order valence-electron chi connectivity index (χ1n) is 4.60. The molecule has 0 radical (unpaired) electrons. The number of pyridine rings is 1. The van der Waals surface area contributed by atoms with E-state index in [4.69, 9.17) is 5.73 Å². The molecule has 1 aromatic rings. The van der Waals surface area contributed by atoms with Gasteiger partial charge in [-0.15, -0.1) is 0 Å². The highest BCUT2D eigenvalue weighted by atomic mass is 16.1. The van der Waals surface area contributed by atoms with Crippen LogP contribution in [0.15, 0.2) is 18.5 Å². The minimum Gasteiger partial charge on any atom is -0.344 e. The van der Waals surface area contributed by atoms with Crippen LogP contribution in [-0.2, 0) is 4.79 Å². The number of aryl methyl sites for hydroxylation is 1. The summed E-state index contributed by atoms with van der Waals surface area (Å²) in [6.45, 7) is 2.25. The van der Waals surface area contributed by atoms with Crippen molar-refractivity contribution in [3.63, 3.8) is 0 Å². The summed E-state index contributed by atoms with van der Waals surface area (Å²) < 4.78 is 0. The fraction of sp³-hybridized carbons (Fsp3) is 0.273. The number of hydrogen-bond donors (Lipinski definition) is 2. The van der Waals surface area contributed by atoms with E-state index in [9.17, 15) is 4.79 Å². The van der Waals surface area contributed by atoms with E-state index in [1.165, 1.54) is 0 Å². The van der Waals surface area contributed by atoms with Crippen LogP contribution in [0.25, 0.3) is 0 Å². The molecule has 4 heteroatoms. The summed E-state index contributed by atoms with van der Waals surface area (Å²) in [5.74, 6) is 5.59. The monoisotopic (exact) mass is 203 g/mol. The molecule has 1 aromatic heterocycles. The van der Waals surface area contributed by atoms with Crippen LogP contribution in [0.5, 0.6) is 0 Å². The maximum atomic E-state index is 10.8. The average Bonchev–Trinajstić information content (AvgIpc) is 2.26. The minimum atomic E-state index is -0.198. The zero-order valence-corrected chi connectivity index (χ0v) is 8.58. The molecule has 0 aliphatic carbocycles. The Morgan fingerprint density at radius 2 is 2.47 bits per heavy atom. The highest BCUT2D eigenvalue weighted by Crippen LogP contribution is 2.01. The van der Waals surface area contributed by atoms with Crippen molar-refractivity contribution in [1.29, 1.82) is 0 Å². The van der Waals surface area contributed by atoms with Crippen molar-refractivity contribution < 1.29 is 4.79 Å². The Morgan fingerprint density at radius 1 is 1.67 bits per heavy atom. The van der Waals surface area contributed by atoms with Gasteiger partial charge in [-0.3, -0.25) is 9.78 Å². The molecule has 0 fully saturated rings. The van der Waals surface area contributed by atoms with Crippen LogP contribution in [0.3, 0.4) is 0 Å². The number of rotatable bonds is 2. The number of carbonyl (C=O) groups is 1. The predicted octanol–water partition coefficient (Wildman–Crippen LogP) is -0.184. The van der Waals surface area contributed by atoms with E-state index in [1.54, 1.807) is 12.4 Å². The van der Waals surface area contributed by atoms with Crippen LogP contribution in [-0.4, -0.2) is 24.0 Å². The molecular weight excluding hydrogens is 190 g/mol. The molecule has 0 unspecified atom stereocenters. The third-order valence-electron chi connectivity index (χ3n) is 1.80. The fourth-order valence-electron chi connectivity index (χ4n) is 0.968. The summed E-state index contributed by atoms with van der Waals surface area (Å²) in [5, 5.41) is 2.57. The highest BCUT2D eigenvalue weighted by molar-refractivity contribution is 5.77. The van der Waals surface area contributed by atoms with Crippen LogP contribution < -0.4 is 11.1 Å². The molecule has 1 heterocycles. The molecule has 0 aromatic carbocycles. The smallest absolute Gasteiger partial charge is 0.234 e. The molecule has 1 amide bonds. The number of carbonyl (C=O) groups excluding carboxylic acids is 1. The first-order chi connectivity index (χ1) is 7.24. The Balaban J connectivity index is 2.52. The molecular formula is C11H13N3O. The zero-order valence-electron chi connectivity index (χ0n) is 8.58. The topological polar surface area (TPSA) is 68.0 Å². The van der Waals surface area contributed by atoms with Crippen LogP contribution in [0.1, 0.15) is 11.1 Å². The molecule has 4 nitrogen and oxygen atoms in total. The molecule has 0 saturated heterocycles. The molecule has 0 aliphatic rings. The first kappa shape index (κ1) is 11.2. The summed E-state index contributed by atoms with van der Waals surface area (Å²) in [7, 11) is 0. The Morgan fingerprint density at radius 3 is 3.13 bits per heavy atom. The summed E-state index contributed by atoms with van der Waals surface area (Å²) >= 11 is 0. The Hall–Kier alpha value is -1.86. The van der Waals surface area contributed by atoms with E-state index in [1.807, 2.05) is 13.0 Å². The minimum absolute atomic E-state index is 0.00400. The van der Waals surface area contributed by atoms with Gasteiger partial charge in [0.25, 0.3) is 0 Å². The second-order valence-electron chi connectivity index (χ2n) is 2.97. The Kier molecular flexibility index (Phi) is 4.32. The molecule has 1 rings (SSSR count). The molecule has 0 atom stereocenters. The Labute approximate surface area is 88.9 Å². The molecule has 3 N–H and O–H groups in total. The summed E-state index contributed by atoms with van der Waals surface area (Å²) in [4.78, 5) is 14.7. The lowest BCUT2D eigenvalue weighted by Crippen LogP contribution is -2.30. The average molecular weight is 203 g/mol. The first-order valence-corrected chi connectivity index (χ1v) is 4.60. The maximum Gasteiger partial charge on any atom is 0.234 e. The second kappa shape index (κ2) is 5.78. The number of nitrogens with two attached hydrogens (primary N) is 1. The molecule has 0 spiro atoms. The summed E-state index contributed by atoms with van der Waals surface area (Å²) in [6, 6.07) is 1.84. The van der Waals surface area contributed by atoms with E-state index in [-0.39, 0.29) is 12.5 Å². The predicted molar refractivity (Wildman–Crippen MR) is 57.9 cm³/mol. The number of aromatic nitrogens is 1. The van der Waals surface area contributed by atoms with Gasteiger partial charge in [0.1, 0.15) is 0 Å². The summed E-state index contributed by atoms with van der Waals surface area (Å²) in [5.41, 5.74) is 7.07. The van der Waals surface area contributed by atoms with Gasteiger partial charge in [-0.25, -0.2) is 0 Å². The SMILES string of the molecule is Cc1cnccc1C#CCNC(=O)CN. The molecule has 0 bridgehead atoms. The van der Waals surface area contributed by atoms with Gasteiger partial charge in [-0.1, -0.05) is 11.8 Å². The van der Waals surface area contributed by atoms with E-state index >= 15 is 0 Å². The van der Waals surface area contributed by atoms with Crippen molar-refractivity contribution in [2.24, 2.45) is 5.73 Å². The third-order valence-corrected chi connectivity index (χ3v) is 1.80. The van der Waals surface area contributed by atoms with E-state index < -0.39 is 0 Å². The van der Waals surface area contributed by atoms with Gasteiger partial charge in [0.2, 0.25) is 5.91 Å². The quantitative estimate of drug-likeness (QED) is 0.655. The van der Waals surface area contributed by atoms with Gasteiger partial charge in [-0.05, 0) is 18.6 Å². The van der Waals surface area contributed by atoms with Gasteiger partial charge in [0, 0.05) is 18.0 Å². The van der Waals surface area contributed by atoms with E-state index in [2.05, 4.69) is 22.1 Å². The lowest BCUT2D eigenvalue weighted by Gasteiger charge is -1.96. The van der Waals surface area contributed by atoms with Crippen molar-refractivity contribution in [2.75, 3.05) is 13.1 Å². The number of hydrogen-bond acceptors (Lipinski definition) is 3. The zero-order chi connectivity index (χ0) is 11.1. The van der Waals surface area contributed by atoms with Crippen LogP contribution in [0, 0.1) is 18.8 Å². The molecule has 0 saturated carbocycles.